The van der Waals surface area contributed by atoms with Crippen LogP contribution in [0.3, 0.4) is 0 Å². The predicted octanol–water partition coefficient (Wildman–Crippen LogP) is 0.368. The monoisotopic (exact) mass is 254 g/mol. The Morgan fingerprint density at radius 3 is 2.53 bits per heavy atom. The molecule has 2 unspecified atom stereocenters. The molecule has 4 nitrogen and oxygen atoms in total. The van der Waals surface area contributed by atoms with Crippen LogP contribution in [0, 0.1) is 5.92 Å². The molecule has 1 saturated heterocycles. The van der Waals surface area contributed by atoms with Gasteiger partial charge in [-0.05, 0) is 12.8 Å². The van der Waals surface area contributed by atoms with E-state index in [4.69, 9.17) is 5.11 Å². The molecule has 0 aromatic rings. The fourth-order valence-corrected chi connectivity index (χ4v) is 1.87. The molecule has 17 heavy (non-hydrogen) atoms. The maximum Gasteiger partial charge on any atom is 0.393 e. The molecule has 0 aromatic carbocycles. The summed E-state index contributed by atoms with van der Waals surface area (Å²) in [7, 11) is 1.52. The summed E-state index contributed by atoms with van der Waals surface area (Å²) in [5.41, 5.74) is 0. The third-order valence-corrected chi connectivity index (χ3v) is 2.99. The number of halogens is 3. The van der Waals surface area contributed by atoms with Crippen LogP contribution in [-0.2, 0) is 4.79 Å². The van der Waals surface area contributed by atoms with E-state index in [1.165, 1.54) is 11.9 Å². The minimum atomic E-state index is -4.20. The first-order chi connectivity index (χ1) is 7.86. The first kappa shape index (κ1) is 14.2. The van der Waals surface area contributed by atoms with Crippen LogP contribution in [0.2, 0.25) is 0 Å². The van der Waals surface area contributed by atoms with Gasteiger partial charge in [0.05, 0.1) is 18.6 Å². The van der Waals surface area contributed by atoms with Crippen LogP contribution in [0.15, 0.2) is 0 Å². The Labute approximate surface area is 97.8 Å². The van der Waals surface area contributed by atoms with Gasteiger partial charge in [0.1, 0.15) is 0 Å². The number of rotatable bonds is 3. The lowest BCUT2D eigenvalue weighted by molar-refractivity contribution is -0.180. The van der Waals surface area contributed by atoms with Gasteiger partial charge in [-0.2, -0.15) is 13.2 Å². The van der Waals surface area contributed by atoms with E-state index in [0.717, 1.165) is 0 Å². The molecule has 1 aliphatic heterocycles. The number of piperidine rings is 1. The molecule has 0 radical (unpaired) electrons. The number of carbonyl (C=O) groups excluding carboxylic acids is 1. The van der Waals surface area contributed by atoms with E-state index in [9.17, 15) is 18.0 Å². The number of alkyl halides is 3. The lowest BCUT2D eigenvalue weighted by atomic mass is 9.93. The van der Waals surface area contributed by atoms with E-state index in [1.54, 1.807) is 0 Å². The molecule has 1 heterocycles. The molecule has 100 valence electrons. The number of hydrogen-bond donors (Lipinski definition) is 2. The molecule has 1 fully saturated rings. The van der Waals surface area contributed by atoms with E-state index in [0.29, 0.717) is 0 Å². The SMILES string of the molecule is CN(CCO)C(=O)C1CCC(C(F)(F)F)CN1. The number of amides is 1. The van der Waals surface area contributed by atoms with Crippen molar-refractivity contribution < 1.29 is 23.1 Å². The molecule has 0 spiro atoms. The second-order valence-corrected chi connectivity index (χ2v) is 4.26. The molecule has 0 saturated carbocycles. The standard InChI is InChI=1S/C10H17F3N2O2/c1-15(4-5-16)9(17)8-3-2-7(6-14-8)10(11,12)13/h7-8,14,16H,2-6H2,1H3. The zero-order valence-electron chi connectivity index (χ0n) is 9.63. The van der Waals surface area contributed by atoms with Crippen molar-refractivity contribution in [2.75, 3.05) is 26.7 Å². The molecular formula is C10H17F3N2O2. The first-order valence-corrected chi connectivity index (χ1v) is 5.52. The molecule has 1 rings (SSSR count). The Balaban J connectivity index is 2.44. The van der Waals surface area contributed by atoms with Gasteiger partial charge >= 0.3 is 6.18 Å². The Bertz CT molecular complexity index is 263. The number of nitrogens with one attached hydrogen (secondary N) is 1. The Hall–Kier alpha value is -0.820. The van der Waals surface area contributed by atoms with Crippen molar-refractivity contribution >= 4 is 5.91 Å². The highest BCUT2D eigenvalue weighted by molar-refractivity contribution is 5.81. The molecular weight excluding hydrogens is 237 g/mol. The van der Waals surface area contributed by atoms with Crippen LogP contribution in [0.4, 0.5) is 13.2 Å². The summed E-state index contributed by atoms with van der Waals surface area (Å²) >= 11 is 0. The van der Waals surface area contributed by atoms with Crippen molar-refractivity contribution in [1.29, 1.82) is 0 Å². The number of aliphatic hydroxyl groups excluding tert-OH is 1. The van der Waals surface area contributed by atoms with E-state index < -0.39 is 18.1 Å². The highest BCUT2D eigenvalue weighted by atomic mass is 19.4. The largest absolute Gasteiger partial charge is 0.395 e. The summed E-state index contributed by atoms with van der Waals surface area (Å²) in [6.07, 6.45) is -4.04. The number of carbonyl (C=O) groups is 1. The highest BCUT2D eigenvalue weighted by Crippen LogP contribution is 2.32. The number of nitrogens with zero attached hydrogens (tertiary/aromatic N) is 1. The van der Waals surface area contributed by atoms with Gasteiger partial charge in [0.15, 0.2) is 0 Å². The fraction of sp³-hybridized carbons (Fsp3) is 0.900. The van der Waals surface area contributed by atoms with Crippen LogP contribution in [0.5, 0.6) is 0 Å². The summed E-state index contributed by atoms with van der Waals surface area (Å²) in [6.45, 7) is -0.174. The average molecular weight is 254 g/mol. The number of likely N-dealkylation sites (N-methyl/N-ethyl adjacent to an activating group) is 1. The van der Waals surface area contributed by atoms with E-state index in [-0.39, 0.29) is 38.4 Å². The van der Waals surface area contributed by atoms with Crippen LogP contribution in [-0.4, -0.2) is 54.9 Å². The van der Waals surface area contributed by atoms with Crippen LogP contribution in [0.1, 0.15) is 12.8 Å². The van der Waals surface area contributed by atoms with E-state index in [1.807, 2.05) is 0 Å². The number of hydrogen-bond acceptors (Lipinski definition) is 3. The minimum Gasteiger partial charge on any atom is -0.395 e. The number of aliphatic hydroxyl groups is 1. The van der Waals surface area contributed by atoms with Crippen molar-refractivity contribution in [3.05, 3.63) is 0 Å². The van der Waals surface area contributed by atoms with Crippen LogP contribution in [0.25, 0.3) is 0 Å². The molecule has 7 heteroatoms. The average Bonchev–Trinajstić information content (AvgIpc) is 2.27. The second-order valence-electron chi connectivity index (χ2n) is 4.26. The summed E-state index contributed by atoms with van der Waals surface area (Å²) in [5, 5.41) is 11.3. The molecule has 2 atom stereocenters. The summed E-state index contributed by atoms with van der Waals surface area (Å²) < 4.78 is 37.1. The summed E-state index contributed by atoms with van der Waals surface area (Å²) in [4.78, 5) is 13.0. The van der Waals surface area contributed by atoms with Crippen molar-refractivity contribution in [2.24, 2.45) is 5.92 Å². The third-order valence-electron chi connectivity index (χ3n) is 2.99. The first-order valence-electron chi connectivity index (χ1n) is 5.52. The molecule has 2 N–H and O–H groups in total. The zero-order chi connectivity index (χ0) is 13.1. The highest BCUT2D eigenvalue weighted by Gasteiger charge is 2.42. The summed E-state index contributed by atoms with van der Waals surface area (Å²) in [5.74, 6) is -1.63. The van der Waals surface area contributed by atoms with Gasteiger partial charge in [-0.25, -0.2) is 0 Å². The minimum absolute atomic E-state index is 0.0279. The normalized spacial score (nSPS) is 25.7. The van der Waals surface area contributed by atoms with Crippen LogP contribution >= 0.6 is 0 Å². The predicted molar refractivity (Wildman–Crippen MR) is 55.3 cm³/mol. The molecule has 1 amide bonds. The Kier molecular flexibility index (Phi) is 4.76. The second kappa shape index (κ2) is 5.68. The lowest BCUT2D eigenvalue weighted by Crippen LogP contribution is -2.52. The van der Waals surface area contributed by atoms with E-state index >= 15 is 0 Å². The van der Waals surface area contributed by atoms with Gasteiger partial charge < -0.3 is 15.3 Å². The third kappa shape index (κ3) is 3.85. The zero-order valence-corrected chi connectivity index (χ0v) is 9.63. The topological polar surface area (TPSA) is 52.6 Å². The fourth-order valence-electron chi connectivity index (χ4n) is 1.87. The van der Waals surface area contributed by atoms with Gasteiger partial charge in [-0.3, -0.25) is 4.79 Å². The molecule has 0 aliphatic carbocycles. The quantitative estimate of drug-likeness (QED) is 0.765. The Morgan fingerprint density at radius 1 is 1.47 bits per heavy atom. The van der Waals surface area contributed by atoms with Crippen molar-refractivity contribution in [3.8, 4) is 0 Å². The van der Waals surface area contributed by atoms with Gasteiger partial charge in [0.2, 0.25) is 5.91 Å². The van der Waals surface area contributed by atoms with Crippen LogP contribution < -0.4 is 5.32 Å². The maximum absolute atomic E-state index is 12.4. The summed E-state index contributed by atoms with van der Waals surface area (Å²) in [6, 6.07) is -0.565. The van der Waals surface area contributed by atoms with Gasteiger partial charge in [-0.1, -0.05) is 0 Å². The molecule has 0 aromatic heterocycles. The van der Waals surface area contributed by atoms with Gasteiger partial charge in [0.25, 0.3) is 0 Å². The smallest absolute Gasteiger partial charge is 0.393 e. The van der Waals surface area contributed by atoms with E-state index in [2.05, 4.69) is 5.32 Å². The van der Waals surface area contributed by atoms with Crippen molar-refractivity contribution in [1.82, 2.24) is 10.2 Å². The lowest BCUT2D eigenvalue weighted by Gasteiger charge is -2.32. The van der Waals surface area contributed by atoms with Crippen molar-refractivity contribution in [3.63, 3.8) is 0 Å². The van der Waals surface area contributed by atoms with Gasteiger partial charge in [-0.15, -0.1) is 0 Å². The maximum atomic E-state index is 12.4. The van der Waals surface area contributed by atoms with Crippen molar-refractivity contribution in [2.45, 2.75) is 25.1 Å². The molecule has 0 bridgehead atoms. The Morgan fingerprint density at radius 2 is 2.12 bits per heavy atom. The van der Waals surface area contributed by atoms with Gasteiger partial charge in [0, 0.05) is 20.1 Å². The molecule has 1 aliphatic rings.